The number of hydrogen-bond acceptors (Lipinski definition) is 1. The number of aryl methyl sites for hydroxylation is 1. The molecule has 1 aromatic heterocycles. The lowest BCUT2D eigenvalue weighted by Gasteiger charge is -2.00. The summed E-state index contributed by atoms with van der Waals surface area (Å²) < 4.78 is 0.773. The van der Waals surface area contributed by atoms with Crippen LogP contribution in [0, 0.1) is 0 Å². The van der Waals surface area contributed by atoms with Gasteiger partial charge in [-0.15, -0.1) is 0 Å². The van der Waals surface area contributed by atoms with Crippen LogP contribution in [0.15, 0.2) is 35.2 Å². The van der Waals surface area contributed by atoms with E-state index in [2.05, 4.69) is 57.1 Å². The summed E-state index contributed by atoms with van der Waals surface area (Å²) in [6, 6.07) is 8.61. The van der Waals surface area contributed by atoms with Crippen molar-refractivity contribution in [1.29, 1.82) is 0 Å². The minimum absolute atomic E-state index is 0.773. The van der Waals surface area contributed by atoms with Gasteiger partial charge < -0.3 is 4.98 Å². The smallest absolute Gasteiger partial charge is 0.174 e. The number of benzene rings is 1. The normalized spacial score (nSPS) is 10.5. The molecule has 15 heavy (non-hydrogen) atoms. The fourth-order valence-electron chi connectivity index (χ4n) is 1.58. The first-order valence-electron chi connectivity index (χ1n) is 5.09. The van der Waals surface area contributed by atoms with E-state index in [0.29, 0.717) is 0 Å². The molecule has 0 fully saturated rings. The van der Waals surface area contributed by atoms with Crippen molar-refractivity contribution in [2.24, 2.45) is 0 Å². The highest BCUT2D eigenvalue weighted by Gasteiger charge is 2.00. The molecule has 0 aliphatic carbocycles. The van der Waals surface area contributed by atoms with Crippen molar-refractivity contribution >= 4 is 15.9 Å². The summed E-state index contributed by atoms with van der Waals surface area (Å²) in [7, 11) is 0. The van der Waals surface area contributed by atoms with E-state index in [1.165, 1.54) is 17.5 Å². The van der Waals surface area contributed by atoms with Crippen LogP contribution in [0.5, 0.6) is 0 Å². The first kappa shape index (κ1) is 10.4. The van der Waals surface area contributed by atoms with E-state index in [-0.39, 0.29) is 0 Å². The molecule has 0 saturated heterocycles. The van der Waals surface area contributed by atoms with E-state index < -0.39 is 0 Å². The molecule has 0 aliphatic heterocycles. The SMILES string of the molecule is CCCc1ccc(-c2cnc(Br)[nH]2)cc1. The van der Waals surface area contributed by atoms with Crippen LogP contribution >= 0.6 is 15.9 Å². The number of nitrogens with one attached hydrogen (secondary N) is 1. The van der Waals surface area contributed by atoms with Crippen molar-refractivity contribution in [3.63, 3.8) is 0 Å². The number of hydrogen-bond donors (Lipinski definition) is 1. The lowest BCUT2D eigenvalue weighted by molar-refractivity contribution is 0.922. The Bertz CT molecular complexity index is 431. The first-order chi connectivity index (χ1) is 7.29. The van der Waals surface area contributed by atoms with Crippen LogP contribution in [-0.2, 0) is 6.42 Å². The molecule has 1 N–H and O–H groups in total. The van der Waals surface area contributed by atoms with Crippen molar-refractivity contribution in [2.75, 3.05) is 0 Å². The third-order valence-electron chi connectivity index (χ3n) is 2.35. The fourth-order valence-corrected chi connectivity index (χ4v) is 1.90. The van der Waals surface area contributed by atoms with Crippen LogP contribution in [0.2, 0.25) is 0 Å². The predicted molar refractivity (Wildman–Crippen MR) is 65.7 cm³/mol. The Hall–Kier alpha value is -1.09. The number of rotatable bonds is 3. The molecular formula is C12H13BrN2. The number of imidazole rings is 1. The van der Waals surface area contributed by atoms with Gasteiger partial charge in [-0.3, -0.25) is 0 Å². The van der Waals surface area contributed by atoms with Crippen molar-refractivity contribution in [3.8, 4) is 11.3 Å². The molecule has 0 radical (unpaired) electrons. The van der Waals surface area contributed by atoms with Crippen LogP contribution in [-0.4, -0.2) is 9.97 Å². The third kappa shape index (κ3) is 2.48. The lowest BCUT2D eigenvalue weighted by Crippen LogP contribution is -1.83. The Labute approximate surface area is 97.9 Å². The van der Waals surface area contributed by atoms with Gasteiger partial charge in [-0.1, -0.05) is 37.6 Å². The van der Waals surface area contributed by atoms with Crippen molar-refractivity contribution < 1.29 is 0 Å². The number of aromatic amines is 1. The van der Waals surface area contributed by atoms with Crippen LogP contribution in [0.3, 0.4) is 0 Å². The second-order valence-electron chi connectivity index (χ2n) is 3.53. The Kier molecular flexibility index (Phi) is 3.21. The molecule has 2 nitrogen and oxygen atoms in total. The largest absolute Gasteiger partial charge is 0.333 e. The van der Waals surface area contributed by atoms with E-state index in [1.54, 1.807) is 0 Å². The van der Waals surface area contributed by atoms with E-state index in [4.69, 9.17) is 0 Å². The van der Waals surface area contributed by atoms with Gasteiger partial charge in [0.15, 0.2) is 4.73 Å². The number of H-pyrrole nitrogens is 1. The average Bonchev–Trinajstić information content (AvgIpc) is 2.67. The monoisotopic (exact) mass is 264 g/mol. The molecule has 0 unspecified atom stereocenters. The van der Waals surface area contributed by atoms with E-state index >= 15 is 0 Å². The molecule has 2 aromatic rings. The van der Waals surface area contributed by atoms with Crippen LogP contribution in [0.4, 0.5) is 0 Å². The standard InChI is InChI=1S/C12H13BrN2/c1-2-3-9-4-6-10(7-5-9)11-8-14-12(13)15-11/h4-8H,2-3H2,1H3,(H,14,15). The molecular weight excluding hydrogens is 252 g/mol. The summed E-state index contributed by atoms with van der Waals surface area (Å²) in [6.45, 7) is 2.19. The summed E-state index contributed by atoms with van der Waals surface area (Å²) in [5.41, 5.74) is 3.61. The Morgan fingerprint density at radius 1 is 1.27 bits per heavy atom. The fraction of sp³-hybridized carbons (Fsp3) is 0.250. The van der Waals surface area contributed by atoms with E-state index in [9.17, 15) is 0 Å². The molecule has 0 atom stereocenters. The highest BCUT2D eigenvalue weighted by molar-refractivity contribution is 9.10. The Balaban J connectivity index is 2.23. The summed E-state index contributed by atoms with van der Waals surface area (Å²) in [5, 5.41) is 0. The Morgan fingerprint density at radius 2 is 2.00 bits per heavy atom. The summed E-state index contributed by atoms with van der Waals surface area (Å²) in [5.74, 6) is 0. The average molecular weight is 265 g/mol. The van der Waals surface area contributed by atoms with E-state index in [1.807, 2.05) is 6.20 Å². The van der Waals surface area contributed by atoms with Gasteiger partial charge in [0.25, 0.3) is 0 Å². The number of aromatic nitrogens is 2. The van der Waals surface area contributed by atoms with Gasteiger partial charge in [-0.2, -0.15) is 0 Å². The zero-order valence-electron chi connectivity index (χ0n) is 8.63. The van der Waals surface area contributed by atoms with Crippen LogP contribution in [0.25, 0.3) is 11.3 Å². The maximum absolute atomic E-state index is 4.11. The van der Waals surface area contributed by atoms with Gasteiger partial charge in [0.2, 0.25) is 0 Å². The van der Waals surface area contributed by atoms with E-state index in [0.717, 1.165) is 16.8 Å². The quantitative estimate of drug-likeness (QED) is 0.898. The topological polar surface area (TPSA) is 28.7 Å². The summed E-state index contributed by atoms with van der Waals surface area (Å²) in [6.07, 6.45) is 4.17. The molecule has 0 bridgehead atoms. The first-order valence-corrected chi connectivity index (χ1v) is 5.88. The van der Waals surface area contributed by atoms with Gasteiger partial charge in [-0.25, -0.2) is 4.98 Å². The van der Waals surface area contributed by atoms with Crippen molar-refractivity contribution in [2.45, 2.75) is 19.8 Å². The third-order valence-corrected chi connectivity index (χ3v) is 2.75. The number of halogens is 1. The molecule has 0 aliphatic rings. The Morgan fingerprint density at radius 3 is 2.53 bits per heavy atom. The zero-order chi connectivity index (χ0) is 10.7. The minimum atomic E-state index is 0.773. The van der Waals surface area contributed by atoms with Gasteiger partial charge in [0.05, 0.1) is 11.9 Å². The van der Waals surface area contributed by atoms with Crippen molar-refractivity contribution in [1.82, 2.24) is 9.97 Å². The predicted octanol–water partition coefficient (Wildman–Crippen LogP) is 3.79. The molecule has 1 heterocycles. The number of nitrogens with zero attached hydrogens (tertiary/aromatic N) is 1. The molecule has 2 rings (SSSR count). The molecule has 1 aromatic carbocycles. The van der Waals surface area contributed by atoms with Gasteiger partial charge >= 0.3 is 0 Å². The summed E-state index contributed by atoms with van der Waals surface area (Å²) >= 11 is 3.30. The molecule has 0 amide bonds. The maximum atomic E-state index is 4.11. The van der Waals surface area contributed by atoms with Crippen LogP contribution < -0.4 is 0 Å². The minimum Gasteiger partial charge on any atom is -0.333 e. The zero-order valence-corrected chi connectivity index (χ0v) is 10.2. The highest BCUT2D eigenvalue weighted by Crippen LogP contribution is 2.19. The lowest BCUT2D eigenvalue weighted by atomic mass is 10.1. The molecule has 78 valence electrons. The van der Waals surface area contributed by atoms with Crippen molar-refractivity contribution in [3.05, 3.63) is 40.8 Å². The van der Waals surface area contributed by atoms with Gasteiger partial charge in [0, 0.05) is 0 Å². The second kappa shape index (κ2) is 4.62. The molecule has 0 spiro atoms. The second-order valence-corrected chi connectivity index (χ2v) is 4.29. The van der Waals surface area contributed by atoms with Gasteiger partial charge in [-0.05, 0) is 33.5 Å². The molecule has 0 saturated carbocycles. The highest BCUT2D eigenvalue weighted by atomic mass is 79.9. The van der Waals surface area contributed by atoms with Crippen LogP contribution in [0.1, 0.15) is 18.9 Å². The molecule has 3 heteroatoms. The summed E-state index contributed by atoms with van der Waals surface area (Å²) in [4.78, 5) is 7.26. The van der Waals surface area contributed by atoms with Gasteiger partial charge in [0.1, 0.15) is 0 Å². The maximum Gasteiger partial charge on any atom is 0.174 e.